The van der Waals surface area contributed by atoms with Crippen LogP contribution in [-0.4, -0.2) is 51.3 Å². The molecule has 0 aromatic heterocycles. The normalized spacial score (nSPS) is 11.2. The Hall–Kier alpha value is -2.12. The van der Waals surface area contributed by atoms with Crippen LogP contribution in [-0.2, 0) is 20.0 Å². The van der Waals surface area contributed by atoms with Gasteiger partial charge in [-0.1, -0.05) is 24.3 Å². The van der Waals surface area contributed by atoms with Crippen molar-refractivity contribution in [3.8, 4) is 11.5 Å². The number of nitrogens with zero attached hydrogens (tertiary/aromatic N) is 1. The highest BCUT2D eigenvalue weighted by atomic mass is 32.1. The van der Waals surface area contributed by atoms with E-state index in [1.165, 1.54) is 14.2 Å². The second-order valence-corrected chi connectivity index (χ2v) is 9.64. The summed E-state index contributed by atoms with van der Waals surface area (Å²) in [5.74, 6) is 1.32. The molecule has 1 N–H and O–H groups in total. The van der Waals surface area contributed by atoms with E-state index in [1.807, 2.05) is 55.1 Å². The topological polar surface area (TPSA) is 69.3 Å². The molecule has 0 bridgehead atoms. The molecule has 0 heterocycles. The van der Waals surface area contributed by atoms with Crippen molar-refractivity contribution in [1.82, 2.24) is 4.90 Å². The third kappa shape index (κ3) is 6.68. The molecule has 0 saturated carbocycles. The van der Waals surface area contributed by atoms with E-state index in [2.05, 4.69) is 5.32 Å². The average Bonchev–Trinajstić information content (AvgIpc) is 2.78. The molecule has 9 heteroatoms. The van der Waals surface area contributed by atoms with Gasteiger partial charge in [-0.2, -0.15) is 0 Å². The van der Waals surface area contributed by atoms with Crippen LogP contribution in [0.2, 0.25) is 0 Å². The Morgan fingerprint density at radius 3 is 2.16 bits per heavy atom. The Morgan fingerprint density at radius 2 is 1.61 bits per heavy atom. The van der Waals surface area contributed by atoms with E-state index >= 15 is 0 Å². The predicted octanol–water partition coefficient (Wildman–Crippen LogP) is 5.01. The van der Waals surface area contributed by atoms with E-state index in [-0.39, 0.29) is 6.29 Å². The van der Waals surface area contributed by atoms with Crippen LogP contribution in [0.1, 0.15) is 16.7 Å². The Morgan fingerprint density at radius 1 is 1.00 bits per heavy atom. The van der Waals surface area contributed by atoms with Gasteiger partial charge in [0.05, 0.1) is 14.2 Å². The minimum atomic E-state index is -3.32. The Balaban J connectivity index is 2.24. The van der Waals surface area contributed by atoms with Crippen molar-refractivity contribution in [2.24, 2.45) is 0 Å². The van der Waals surface area contributed by atoms with Crippen LogP contribution in [0.15, 0.2) is 36.4 Å². The molecule has 0 aliphatic heterocycles. The van der Waals surface area contributed by atoms with Gasteiger partial charge in [0.2, 0.25) is 0 Å². The summed E-state index contributed by atoms with van der Waals surface area (Å²) in [6.45, 7) is 4.53. The first-order valence-electron chi connectivity index (χ1n) is 9.80. The lowest BCUT2D eigenvalue weighted by atomic mass is 10.1. The van der Waals surface area contributed by atoms with Crippen LogP contribution >= 0.6 is 19.8 Å². The molecule has 31 heavy (non-hydrogen) atoms. The van der Waals surface area contributed by atoms with Gasteiger partial charge in [-0.15, -0.1) is 0 Å². The smallest absolute Gasteiger partial charge is 0.349 e. The molecule has 0 amide bonds. The summed E-state index contributed by atoms with van der Waals surface area (Å²) in [5.41, 5.74) is 4.11. The first kappa shape index (κ1) is 25.1. The monoisotopic (exact) mass is 466 g/mol. The second-order valence-electron chi connectivity index (χ2n) is 7.02. The number of ether oxygens (including phenoxy) is 2. The van der Waals surface area contributed by atoms with Gasteiger partial charge < -0.3 is 28.7 Å². The summed E-state index contributed by atoms with van der Waals surface area (Å²) >= 11 is 5.68. The SMILES string of the molecule is COc1ccc(CCN(CP(=O)(OC)OC)C(=S)Nc2c(C)cccc2C)cc1OC. The lowest BCUT2D eigenvalue weighted by Crippen LogP contribution is -2.37. The number of methoxy groups -OCH3 is 2. The van der Waals surface area contributed by atoms with Gasteiger partial charge in [0.15, 0.2) is 16.6 Å². The summed E-state index contributed by atoms with van der Waals surface area (Å²) in [4.78, 5) is 1.81. The standard InChI is InChI=1S/C22H31N2O5PS/c1-16-8-7-9-17(2)21(16)23-22(31)24(15-30(25,28-5)29-6)13-12-18-10-11-19(26-3)20(14-18)27-4/h7-11,14H,12-13,15H2,1-6H3,(H,23,31). The second kappa shape index (κ2) is 11.5. The minimum Gasteiger partial charge on any atom is -0.493 e. The fraction of sp³-hybridized carbons (Fsp3) is 0.409. The number of nitrogens with one attached hydrogen (secondary N) is 1. The highest BCUT2D eigenvalue weighted by Gasteiger charge is 2.27. The number of rotatable bonds is 10. The maximum absolute atomic E-state index is 12.8. The highest BCUT2D eigenvalue weighted by molar-refractivity contribution is 7.80. The number of thiocarbonyl (C=S) groups is 1. The molecular weight excluding hydrogens is 435 g/mol. The van der Waals surface area contributed by atoms with Crippen LogP contribution in [0.5, 0.6) is 11.5 Å². The molecule has 2 aromatic carbocycles. The number of anilines is 1. The summed E-state index contributed by atoms with van der Waals surface area (Å²) in [6, 6.07) is 11.8. The first-order valence-corrected chi connectivity index (χ1v) is 11.9. The molecule has 170 valence electrons. The van der Waals surface area contributed by atoms with Gasteiger partial charge in [-0.05, 0) is 61.3 Å². The Labute approximate surface area is 190 Å². The molecule has 0 atom stereocenters. The Bertz CT molecular complexity index is 925. The summed E-state index contributed by atoms with van der Waals surface area (Å²) in [6.07, 6.45) is 0.673. The summed E-state index contributed by atoms with van der Waals surface area (Å²) < 4.78 is 33.8. The van der Waals surface area contributed by atoms with Gasteiger partial charge in [0, 0.05) is 26.5 Å². The number of hydrogen-bond acceptors (Lipinski definition) is 6. The van der Waals surface area contributed by atoms with Crippen molar-refractivity contribution in [3.05, 3.63) is 53.1 Å². The molecule has 0 aliphatic rings. The van der Waals surface area contributed by atoms with Crippen molar-refractivity contribution < 1.29 is 23.1 Å². The zero-order valence-corrected chi connectivity index (χ0v) is 20.6. The maximum atomic E-state index is 12.8. The van der Waals surface area contributed by atoms with Gasteiger partial charge >= 0.3 is 7.60 Å². The third-order valence-electron chi connectivity index (χ3n) is 5.02. The van der Waals surface area contributed by atoms with Crippen molar-refractivity contribution in [2.75, 3.05) is 46.6 Å². The fourth-order valence-electron chi connectivity index (χ4n) is 3.13. The van der Waals surface area contributed by atoms with E-state index in [0.717, 1.165) is 22.4 Å². The molecule has 0 aliphatic carbocycles. The number of aryl methyl sites for hydroxylation is 2. The quantitative estimate of drug-likeness (QED) is 0.387. The minimum absolute atomic E-state index is 0.0318. The van der Waals surface area contributed by atoms with E-state index in [0.29, 0.717) is 29.6 Å². The van der Waals surface area contributed by atoms with Gasteiger partial charge in [0.1, 0.15) is 6.29 Å². The molecule has 0 radical (unpaired) electrons. The fourth-order valence-corrected chi connectivity index (χ4v) is 4.57. The number of para-hydroxylation sites is 1. The maximum Gasteiger partial charge on any atom is 0.349 e. The lowest BCUT2D eigenvalue weighted by Gasteiger charge is -2.29. The van der Waals surface area contributed by atoms with Crippen molar-refractivity contribution in [1.29, 1.82) is 0 Å². The zero-order chi connectivity index (χ0) is 23.0. The highest BCUT2D eigenvalue weighted by Crippen LogP contribution is 2.47. The van der Waals surface area contributed by atoms with E-state index in [1.54, 1.807) is 14.2 Å². The number of hydrogen-bond donors (Lipinski definition) is 1. The van der Waals surface area contributed by atoms with Gasteiger partial charge in [-0.3, -0.25) is 4.57 Å². The van der Waals surface area contributed by atoms with Crippen LogP contribution in [0.3, 0.4) is 0 Å². The largest absolute Gasteiger partial charge is 0.493 e. The first-order chi connectivity index (χ1) is 14.8. The van der Waals surface area contributed by atoms with Crippen LogP contribution in [0.4, 0.5) is 5.69 Å². The molecule has 0 saturated heterocycles. The van der Waals surface area contributed by atoms with Gasteiger partial charge in [-0.25, -0.2) is 0 Å². The molecule has 0 fully saturated rings. The summed E-state index contributed by atoms with van der Waals surface area (Å²) in [7, 11) is 2.64. The lowest BCUT2D eigenvalue weighted by molar-refractivity contribution is 0.261. The Kier molecular flexibility index (Phi) is 9.32. The third-order valence-corrected chi connectivity index (χ3v) is 7.18. The van der Waals surface area contributed by atoms with Crippen LogP contribution in [0.25, 0.3) is 0 Å². The van der Waals surface area contributed by atoms with Crippen molar-refractivity contribution >= 4 is 30.6 Å². The van der Waals surface area contributed by atoms with E-state index in [9.17, 15) is 4.57 Å². The molecule has 0 spiro atoms. The molecule has 0 unspecified atom stereocenters. The molecule has 2 rings (SSSR count). The van der Waals surface area contributed by atoms with Crippen LogP contribution < -0.4 is 14.8 Å². The molecule has 2 aromatic rings. The van der Waals surface area contributed by atoms with Gasteiger partial charge in [0.25, 0.3) is 0 Å². The van der Waals surface area contributed by atoms with Crippen molar-refractivity contribution in [3.63, 3.8) is 0 Å². The average molecular weight is 467 g/mol. The van der Waals surface area contributed by atoms with E-state index in [4.69, 9.17) is 30.7 Å². The van der Waals surface area contributed by atoms with E-state index < -0.39 is 7.60 Å². The molecule has 7 nitrogen and oxygen atoms in total. The van der Waals surface area contributed by atoms with Crippen molar-refractivity contribution in [2.45, 2.75) is 20.3 Å². The summed E-state index contributed by atoms with van der Waals surface area (Å²) in [5, 5.41) is 3.76. The number of benzene rings is 2. The van der Waals surface area contributed by atoms with Crippen LogP contribution in [0, 0.1) is 13.8 Å². The predicted molar refractivity (Wildman–Crippen MR) is 129 cm³/mol. The molecular formula is C22H31N2O5PS. The zero-order valence-electron chi connectivity index (χ0n) is 18.9.